The van der Waals surface area contributed by atoms with Crippen LogP contribution in [0.2, 0.25) is 0 Å². The van der Waals surface area contributed by atoms with E-state index in [1.807, 2.05) is 12.1 Å². The average molecular weight is 626 g/mol. The van der Waals surface area contributed by atoms with Crippen molar-refractivity contribution < 1.29 is 0 Å². The highest BCUT2D eigenvalue weighted by atomic mass is 15.3. The highest BCUT2D eigenvalue weighted by Crippen LogP contribution is 2.45. The SMILES string of the molecule is c1ccc(-c2cc(-c3cccc4cc(-c5ccccc5)c5c(-c6ccccc6)nn(-c6ccccc6)c5c34)cc(-c3ccccc3)n2)cc1. The topological polar surface area (TPSA) is 30.7 Å². The summed E-state index contributed by atoms with van der Waals surface area (Å²) in [6.45, 7) is 0. The summed E-state index contributed by atoms with van der Waals surface area (Å²) in [5.41, 5.74) is 12.7. The van der Waals surface area contributed by atoms with Crippen molar-refractivity contribution in [3.8, 4) is 61.7 Å². The second-order valence-corrected chi connectivity index (χ2v) is 12.2. The largest absolute Gasteiger partial charge is 0.248 e. The second-order valence-electron chi connectivity index (χ2n) is 12.2. The van der Waals surface area contributed by atoms with E-state index in [1.54, 1.807) is 0 Å². The summed E-state index contributed by atoms with van der Waals surface area (Å²) in [5.74, 6) is 0. The first-order valence-electron chi connectivity index (χ1n) is 16.6. The number of para-hydroxylation sites is 1. The Balaban J connectivity index is 1.43. The van der Waals surface area contributed by atoms with Crippen molar-refractivity contribution in [1.29, 1.82) is 0 Å². The van der Waals surface area contributed by atoms with Crippen molar-refractivity contribution in [1.82, 2.24) is 14.8 Å². The summed E-state index contributed by atoms with van der Waals surface area (Å²) in [4.78, 5) is 5.19. The summed E-state index contributed by atoms with van der Waals surface area (Å²) >= 11 is 0. The molecule has 9 rings (SSSR count). The minimum absolute atomic E-state index is 0.938. The van der Waals surface area contributed by atoms with Gasteiger partial charge < -0.3 is 0 Å². The van der Waals surface area contributed by atoms with Gasteiger partial charge in [-0.25, -0.2) is 9.67 Å². The van der Waals surface area contributed by atoms with Crippen LogP contribution in [0.3, 0.4) is 0 Å². The molecule has 0 radical (unpaired) electrons. The van der Waals surface area contributed by atoms with Crippen LogP contribution in [0.1, 0.15) is 0 Å². The molecule has 0 fully saturated rings. The zero-order valence-electron chi connectivity index (χ0n) is 26.7. The van der Waals surface area contributed by atoms with E-state index in [1.165, 1.54) is 0 Å². The predicted octanol–water partition coefficient (Wildman–Crippen LogP) is 11.9. The fourth-order valence-corrected chi connectivity index (χ4v) is 6.93. The number of nitrogens with zero attached hydrogens (tertiary/aromatic N) is 3. The fourth-order valence-electron chi connectivity index (χ4n) is 6.93. The molecule has 0 aliphatic carbocycles. The molecule has 9 aromatic rings. The standard InChI is InChI=1S/C46H31N3/c1-6-17-32(18-7-1)40-29-36-25-16-28-39(37-30-41(33-19-8-2-9-20-33)47-42(31-37)34-21-10-3-11-22-34)43(36)46-44(40)45(35-23-12-4-13-24-35)48-49(46)38-26-14-5-15-27-38/h1-31H. The molecular formula is C46H31N3. The van der Waals surface area contributed by atoms with Gasteiger partial charge in [0.1, 0.15) is 5.69 Å². The van der Waals surface area contributed by atoms with Crippen molar-refractivity contribution in [2.24, 2.45) is 0 Å². The van der Waals surface area contributed by atoms with E-state index in [0.29, 0.717) is 0 Å². The number of aromatic nitrogens is 3. The molecule has 49 heavy (non-hydrogen) atoms. The third-order valence-corrected chi connectivity index (χ3v) is 9.20. The van der Waals surface area contributed by atoms with Gasteiger partial charge in [0.05, 0.1) is 22.6 Å². The molecule has 0 aliphatic rings. The highest BCUT2D eigenvalue weighted by Gasteiger charge is 2.23. The van der Waals surface area contributed by atoms with Gasteiger partial charge in [0, 0.05) is 27.5 Å². The maximum atomic E-state index is 5.44. The molecular weight excluding hydrogens is 595 g/mol. The maximum Gasteiger partial charge on any atom is 0.101 e. The van der Waals surface area contributed by atoms with Crippen molar-refractivity contribution in [3.63, 3.8) is 0 Å². The van der Waals surface area contributed by atoms with Gasteiger partial charge in [-0.2, -0.15) is 5.10 Å². The molecule has 7 aromatic carbocycles. The molecule has 0 atom stereocenters. The lowest BCUT2D eigenvalue weighted by molar-refractivity contribution is 0.918. The average Bonchev–Trinajstić information content (AvgIpc) is 3.60. The van der Waals surface area contributed by atoms with E-state index in [4.69, 9.17) is 10.1 Å². The lowest BCUT2D eigenvalue weighted by Crippen LogP contribution is -1.98. The molecule has 0 unspecified atom stereocenters. The highest BCUT2D eigenvalue weighted by molar-refractivity contribution is 6.21. The van der Waals surface area contributed by atoms with E-state index >= 15 is 0 Å². The van der Waals surface area contributed by atoms with Crippen LogP contribution in [0.15, 0.2) is 188 Å². The Bertz CT molecular complexity index is 2500. The number of hydrogen-bond acceptors (Lipinski definition) is 2. The van der Waals surface area contributed by atoms with Crippen LogP contribution in [-0.4, -0.2) is 14.8 Å². The van der Waals surface area contributed by atoms with Crippen LogP contribution < -0.4 is 0 Å². The molecule has 0 saturated carbocycles. The first kappa shape index (κ1) is 28.6. The van der Waals surface area contributed by atoms with Gasteiger partial charge in [-0.15, -0.1) is 0 Å². The van der Waals surface area contributed by atoms with Gasteiger partial charge in [0.2, 0.25) is 0 Å². The third-order valence-electron chi connectivity index (χ3n) is 9.20. The van der Waals surface area contributed by atoms with Crippen molar-refractivity contribution in [3.05, 3.63) is 188 Å². The lowest BCUT2D eigenvalue weighted by atomic mass is 9.89. The minimum Gasteiger partial charge on any atom is -0.248 e. The van der Waals surface area contributed by atoms with Crippen LogP contribution in [-0.2, 0) is 0 Å². The molecule has 0 amide bonds. The van der Waals surface area contributed by atoms with Crippen LogP contribution >= 0.6 is 0 Å². The van der Waals surface area contributed by atoms with Gasteiger partial charge in [-0.1, -0.05) is 158 Å². The van der Waals surface area contributed by atoms with Crippen LogP contribution in [0.25, 0.3) is 83.4 Å². The Hall–Kier alpha value is -6.58. The lowest BCUT2D eigenvalue weighted by Gasteiger charge is -2.16. The van der Waals surface area contributed by atoms with E-state index < -0.39 is 0 Å². The van der Waals surface area contributed by atoms with Gasteiger partial charge in [0.25, 0.3) is 0 Å². The van der Waals surface area contributed by atoms with Crippen LogP contribution in [0.4, 0.5) is 0 Å². The number of fused-ring (bicyclic) bond motifs is 3. The quantitative estimate of drug-likeness (QED) is 0.184. The summed E-state index contributed by atoms with van der Waals surface area (Å²) < 4.78 is 2.15. The normalized spacial score (nSPS) is 11.3. The summed E-state index contributed by atoms with van der Waals surface area (Å²) in [6, 6.07) is 66.1. The van der Waals surface area contributed by atoms with Gasteiger partial charge in [-0.3, -0.25) is 0 Å². The number of pyridine rings is 1. The van der Waals surface area contributed by atoms with Crippen molar-refractivity contribution in [2.45, 2.75) is 0 Å². The molecule has 0 N–H and O–H groups in total. The summed E-state index contributed by atoms with van der Waals surface area (Å²) in [7, 11) is 0. The van der Waals surface area contributed by atoms with E-state index in [9.17, 15) is 0 Å². The molecule has 0 spiro atoms. The summed E-state index contributed by atoms with van der Waals surface area (Å²) in [5, 5.41) is 8.87. The monoisotopic (exact) mass is 625 g/mol. The molecule has 0 bridgehead atoms. The first-order chi connectivity index (χ1) is 24.3. The van der Waals surface area contributed by atoms with E-state index in [0.717, 1.165) is 83.4 Å². The zero-order valence-corrected chi connectivity index (χ0v) is 26.7. The Labute approximate surface area is 285 Å². The first-order valence-corrected chi connectivity index (χ1v) is 16.6. The molecule has 2 aromatic heterocycles. The van der Waals surface area contributed by atoms with Gasteiger partial charge in [0.15, 0.2) is 0 Å². The van der Waals surface area contributed by atoms with Gasteiger partial charge >= 0.3 is 0 Å². The van der Waals surface area contributed by atoms with Crippen molar-refractivity contribution in [2.75, 3.05) is 0 Å². The molecule has 0 saturated heterocycles. The molecule has 0 aliphatic heterocycles. The van der Waals surface area contributed by atoms with Gasteiger partial charge in [-0.05, 0) is 58.0 Å². The second kappa shape index (κ2) is 12.2. The Kier molecular flexibility index (Phi) is 7.14. The number of hydrogen-bond donors (Lipinski definition) is 0. The van der Waals surface area contributed by atoms with Crippen molar-refractivity contribution >= 4 is 21.7 Å². The minimum atomic E-state index is 0.938. The molecule has 3 heteroatoms. The molecule has 230 valence electrons. The number of benzene rings is 7. The fraction of sp³-hybridized carbons (Fsp3) is 0. The predicted molar refractivity (Wildman–Crippen MR) is 204 cm³/mol. The zero-order chi connectivity index (χ0) is 32.6. The van der Waals surface area contributed by atoms with Crippen LogP contribution in [0, 0.1) is 0 Å². The third kappa shape index (κ3) is 5.18. The Morgan fingerprint density at radius 1 is 0.367 bits per heavy atom. The van der Waals surface area contributed by atoms with E-state index in [2.05, 4.69) is 181 Å². The van der Waals surface area contributed by atoms with E-state index in [-0.39, 0.29) is 0 Å². The van der Waals surface area contributed by atoms with Crippen LogP contribution in [0.5, 0.6) is 0 Å². The Morgan fingerprint density at radius 2 is 0.878 bits per heavy atom. The maximum absolute atomic E-state index is 5.44. The molecule has 3 nitrogen and oxygen atoms in total. The smallest absolute Gasteiger partial charge is 0.101 e. The molecule has 2 heterocycles. The summed E-state index contributed by atoms with van der Waals surface area (Å²) in [6.07, 6.45) is 0. The number of rotatable bonds is 6. The Morgan fingerprint density at radius 3 is 1.45 bits per heavy atom.